The van der Waals surface area contributed by atoms with Crippen molar-refractivity contribution in [2.45, 2.75) is 23.6 Å². The minimum Gasteiger partial charge on any atom is -0.237 e. The Kier molecular flexibility index (Phi) is 7.02. The second-order valence-corrected chi connectivity index (χ2v) is 12.9. The van der Waals surface area contributed by atoms with Gasteiger partial charge in [-0.15, -0.1) is 0 Å². The summed E-state index contributed by atoms with van der Waals surface area (Å²) in [5.41, 5.74) is 2.85. The monoisotopic (exact) mass is 578 g/mol. The minimum atomic E-state index is -3.64. The van der Waals surface area contributed by atoms with Gasteiger partial charge in [-0.1, -0.05) is 47.0 Å². The van der Waals surface area contributed by atoms with Crippen LogP contribution in [0.4, 0.5) is 0 Å². The molecule has 0 atom stereocenters. The zero-order valence-electron chi connectivity index (χ0n) is 20.9. The number of aryl methyl sites for hydroxylation is 2. The third-order valence-electron chi connectivity index (χ3n) is 6.03. The molecular formula is C28H23ClN4O4S2. The van der Waals surface area contributed by atoms with Gasteiger partial charge in [0.15, 0.2) is 11.3 Å². The lowest BCUT2D eigenvalue weighted by Crippen LogP contribution is -2.12. The van der Waals surface area contributed by atoms with Crippen molar-refractivity contribution in [1.82, 2.24) is 17.9 Å². The predicted octanol–water partition coefficient (Wildman–Crippen LogP) is 5.82. The first-order valence-electron chi connectivity index (χ1n) is 11.8. The summed E-state index contributed by atoms with van der Waals surface area (Å²) in [6, 6.07) is 22.2. The van der Waals surface area contributed by atoms with Crippen molar-refractivity contribution in [3.8, 4) is 0 Å². The Morgan fingerprint density at radius 1 is 0.641 bits per heavy atom. The maximum atomic E-state index is 12.6. The van der Waals surface area contributed by atoms with Crippen LogP contribution in [-0.2, 0) is 20.0 Å². The molecule has 0 saturated carbocycles. The topological polar surface area (TPSA) is 104 Å². The second kappa shape index (κ2) is 10.3. The third-order valence-corrected chi connectivity index (χ3v) is 9.60. The summed E-state index contributed by atoms with van der Waals surface area (Å²) >= 11 is 5.86. The molecule has 4 aromatic heterocycles. The van der Waals surface area contributed by atoms with Crippen molar-refractivity contribution < 1.29 is 16.8 Å². The van der Waals surface area contributed by atoms with Gasteiger partial charge in [-0.2, -0.15) is 0 Å². The van der Waals surface area contributed by atoms with E-state index in [-0.39, 0.29) is 9.79 Å². The lowest BCUT2D eigenvalue weighted by molar-refractivity contribution is 0.587. The summed E-state index contributed by atoms with van der Waals surface area (Å²) < 4.78 is 52.7. The summed E-state index contributed by atoms with van der Waals surface area (Å²) in [6.45, 7) is 3.83. The van der Waals surface area contributed by atoms with E-state index in [0.29, 0.717) is 21.7 Å². The van der Waals surface area contributed by atoms with Crippen molar-refractivity contribution in [2.75, 3.05) is 0 Å². The van der Waals surface area contributed by atoms with E-state index in [9.17, 15) is 16.8 Å². The standard InChI is InChI=1S/C14H11ClN2O2S.C14H12N2O2S/c1-10-2-4-13(5-3-10)20(18,19)17-7-6-11-8-12(15)9-16-14(11)17;1-11-4-6-13(7-5-11)19(17,18)16-10-8-12-3-2-9-15-14(12)16/h2-9H,1H3;2-10H,1H3. The average Bonchev–Trinajstić information content (AvgIpc) is 3.54. The molecule has 0 aliphatic heterocycles. The Balaban J connectivity index is 0.000000158. The Labute approximate surface area is 231 Å². The van der Waals surface area contributed by atoms with Gasteiger partial charge in [-0.05, 0) is 68.4 Å². The summed E-state index contributed by atoms with van der Waals surface area (Å²) in [5.74, 6) is 0. The number of halogens is 1. The van der Waals surface area contributed by atoms with Crippen molar-refractivity contribution in [1.29, 1.82) is 0 Å². The van der Waals surface area contributed by atoms with Crippen LogP contribution >= 0.6 is 11.6 Å². The van der Waals surface area contributed by atoms with Crippen LogP contribution < -0.4 is 0 Å². The molecule has 39 heavy (non-hydrogen) atoms. The lowest BCUT2D eigenvalue weighted by atomic mass is 10.2. The Bertz CT molecular complexity index is 2010. The molecule has 0 radical (unpaired) electrons. The molecule has 4 heterocycles. The first-order valence-corrected chi connectivity index (χ1v) is 15.0. The van der Waals surface area contributed by atoms with Crippen LogP contribution in [0.15, 0.2) is 113 Å². The van der Waals surface area contributed by atoms with Crippen molar-refractivity contribution >= 4 is 53.7 Å². The van der Waals surface area contributed by atoms with Crippen LogP contribution in [0.2, 0.25) is 5.02 Å². The molecule has 2 aromatic carbocycles. The summed E-state index contributed by atoms with van der Waals surface area (Å²) in [4.78, 5) is 8.73. The number of fused-ring (bicyclic) bond motifs is 2. The fraction of sp³-hybridized carbons (Fsp3) is 0.0714. The van der Waals surface area contributed by atoms with E-state index in [1.165, 1.54) is 26.5 Å². The van der Waals surface area contributed by atoms with E-state index < -0.39 is 20.0 Å². The van der Waals surface area contributed by atoms with E-state index in [1.807, 2.05) is 19.9 Å². The molecule has 0 spiro atoms. The third kappa shape index (κ3) is 5.18. The average molecular weight is 579 g/mol. The van der Waals surface area contributed by atoms with Gasteiger partial charge in [0.1, 0.15) is 0 Å². The fourth-order valence-corrected chi connectivity index (χ4v) is 6.73. The molecule has 6 aromatic rings. The van der Waals surface area contributed by atoms with E-state index in [0.717, 1.165) is 16.5 Å². The van der Waals surface area contributed by atoms with Gasteiger partial charge in [0.05, 0.1) is 14.8 Å². The van der Waals surface area contributed by atoms with E-state index in [1.54, 1.807) is 79.0 Å². The van der Waals surface area contributed by atoms with Crippen molar-refractivity contribution in [3.63, 3.8) is 0 Å². The second-order valence-electron chi connectivity index (χ2n) is 8.84. The summed E-state index contributed by atoms with van der Waals surface area (Å²) in [7, 11) is -7.23. The number of hydrogen-bond donors (Lipinski definition) is 0. The van der Waals surface area contributed by atoms with Crippen LogP contribution in [-0.4, -0.2) is 34.7 Å². The number of benzene rings is 2. The SMILES string of the molecule is Cc1ccc(S(=O)(=O)n2ccc3cc(Cl)cnc32)cc1.Cc1ccc(S(=O)(=O)n2ccc3cccnc32)cc1. The van der Waals surface area contributed by atoms with Gasteiger partial charge in [-0.25, -0.2) is 34.7 Å². The molecule has 0 fully saturated rings. The molecular weight excluding hydrogens is 556 g/mol. The fourth-order valence-electron chi connectivity index (χ4n) is 3.95. The summed E-state index contributed by atoms with van der Waals surface area (Å²) in [6.07, 6.45) is 6.05. The molecule has 0 amide bonds. The Morgan fingerprint density at radius 3 is 1.67 bits per heavy atom. The molecule has 0 aliphatic carbocycles. The van der Waals surface area contributed by atoms with Crippen LogP contribution in [0.3, 0.4) is 0 Å². The van der Waals surface area contributed by atoms with Crippen molar-refractivity contribution in [2.24, 2.45) is 0 Å². The molecule has 198 valence electrons. The van der Waals surface area contributed by atoms with Crippen LogP contribution in [0, 0.1) is 13.8 Å². The first-order chi connectivity index (χ1) is 18.6. The predicted molar refractivity (Wildman–Crippen MR) is 152 cm³/mol. The highest BCUT2D eigenvalue weighted by molar-refractivity contribution is 7.90. The molecule has 0 aliphatic rings. The number of nitrogens with zero attached hydrogens (tertiary/aromatic N) is 4. The largest absolute Gasteiger partial charge is 0.269 e. The van der Waals surface area contributed by atoms with E-state index in [4.69, 9.17) is 11.6 Å². The van der Waals surface area contributed by atoms with Gasteiger partial charge in [0.25, 0.3) is 20.0 Å². The van der Waals surface area contributed by atoms with Gasteiger partial charge >= 0.3 is 0 Å². The number of pyridine rings is 2. The first kappa shape index (κ1) is 26.6. The molecule has 0 unspecified atom stereocenters. The molecule has 11 heteroatoms. The smallest absolute Gasteiger partial charge is 0.237 e. The minimum absolute atomic E-state index is 0.234. The van der Waals surface area contributed by atoms with Gasteiger partial charge in [0, 0.05) is 35.6 Å². The van der Waals surface area contributed by atoms with E-state index >= 15 is 0 Å². The lowest BCUT2D eigenvalue weighted by Gasteiger charge is -2.07. The zero-order valence-corrected chi connectivity index (χ0v) is 23.3. The Hall–Kier alpha value is -3.99. The number of aromatic nitrogens is 4. The quantitative estimate of drug-likeness (QED) is 0.261. The number of hydrogen-bond acceptors (Lipinski definition) is 6. The van der Waals surface area contributed by atoms with Crippen molar-refractivity contribution in [3.05, 3.63) is 120 Å². The molecule has 0 N–H and O–H groups in total. The van der Waals surface area contributed by atoms with Crippen LogP contribution in [0.1, 0.15) is 11.1 Å². The Morgan fingerprint density at radius 2 is 1.13 bits per heavy atom. The molecule has 0 saturated heterocycles. The maximum Gasteiger partial charge on any atom is 0.269 e. The van der Waals surface area contributed by atoms with Crippen LogP contribution in [0.5, 0.6) is 0 Å². The zero-order chi connectivity index (χ0) is 27.8. The van der Waals surface area contributed by atoms with Crippen LogP contribution in [0.25, 0.3) is 22.1 Å². The van der Waals surface area contributed by atoms with Gasteiger partial charge in [0.2, 0.25) is 0 Å². The number of rotatable bonds is 4. The molecule has 0 bridgehead atoms. The van der Waals surface area contributed by atoms with Gasteiger partial charge < -0.3 is 0 Å². The highest BCUT2D eigenvalue weighted by atomic mass is 35.5. The summed E-state index contributed by atoms with van der Waals surface area (Å²) in [5, 5.41) is 1.97. The van der Waals surface area contributed by atoms with E-state index in [2.05, 4.69) is 9.97 Å². The maximum absolute atomic E-state index is 12.6. The van der Waals surface area contributed by atoms with Gasteiger partial charge in [-0.3, -0.25) is 0 Å². The molecule has 6 rings (SSSR count). The highest BCUT2D eigenvalue weighted by Crippen LogP contribution is 2.23. The highest BCUT2D eigenvalue weighted by Gasteiger charge is 2.20. The molecule has 8 nitrogen and oxygen atoms in total. The normalized spacial score (nSPS) is 11.9.